The van der Waals surface area contributed by atoms with Crippen LogP contribution >= 0.6 is 0 Å². The molecule has 0 aliphatic carbocycles. The minimum Gasteiger partial charge on any atom is -0.381 e. The Hall–Kier alpha value is -0.410. The third kappa shape index (κ3) is 3.49. The van der Waals surface area contributed by atoms with Gasteiger partial charge in [0.25, 0.3) is 0 Å². The molecule has 64 valence electrons. The lowest BCUT2D eigenvalue weighted by atomic mass is 10.1. The monoisotopic (exact) mass is 156 g/mol. The van der Waals surface area contributed by atoms with Crippen molar-refractivity contribution in [2.45, 2.75) is 6.42 Å². The maximum atomic E-state index is 5.21. The van der Waals surface area contributed by atoms with E-state index in [4.69, 9.17) is 4.74 Å². The number of rotatable bonds is 4. The van der Waals surface area contributed by atoms with Crippen molar-refractivity contribution in [3.8, 4) is 0 Å². The van der Waals surface area contributed by atoms with Gasteiger partial charge in [0.15, 0.2) is 0 Å². The largest absolute Gasteiger partial charge is 0.381 e. The summed E-state index contributed by atoms with van der Waals surface area (Å²) >= 11 is 0. The van der Waals surface area contributed by atoms with Gasteiger partial charge in [-0.25, -0.2) is 0 Å². The van der Waals surface area contributed by atoms with Crippen LogP contribution in [0.15, 0.2) is 4.99 Å². The van der Waals surface area contributed by atoms with Crippen molar-refractivity contribution in [2.24, 2.45) is 10.9 Å². The number of hydrogen-bond donors (Lipinski definition) is 1. The third-order valence-electron chi connectivity index (χ3n) is 1.77. The normalized spacial score (nSPS) is 25.0. The summed E-state index contributed by atoms with van der Waals surface area (Å²) < 4.78 is 5.21. The molecule has 0 aromatic carbocycles. The third-order valence-corrected chi connectivity index (χ3v) is 1.77. The van der Waals surface area contributed by atoms with Crippen LogP contribution < -0.4 is 5.32 Å². The zero-order valence-corrected chi connectivity index (χ0v) is 7.05. The van der Waals surface area contributed by atoms with Crippen LogP contribution in [0.2, 0.25) is 0 Å². The highest BCUT2D eigenvalue weighted by molar-refractivity contribution is 5.61. The first kappa shape index (κ1) is 8.68. The van der Waals surface area contributed by atoms with Crippen LogP contribution in [-0.2, 0) is 4.74 Å². The van der Waals surface area contributed by atoms with Gasteiger partial charge >= 0.3 is 0 Å². The quantitative estimate of drug-likeness (QED) is 0.469. The van der Waals surface area contributed by atoms with Crippen molar-refractivity contribution in [2.75, 3.05) is 33.4 Å². The van der Waals surface area contributed by atoms with Crippen molar-refractivity contribution in [1.29, 1.82) is 0 Å². The van der Waals surface area contributed by atoms with Crippen molar-refractivity contribution >= 4 is 6.21 Å². The van der Waals surface area contributed by atoms with Gasteiger partial charge < -0.3 is 10.1 Å². The van der Waals surface area contributed by atoms with E-state index in [-0.39, 0.29) is 0 Å². The van der Waals surface area contributed by atoms with Gasteiger partial charge in [0.05, 0.1) is 13.2 Å². The van der Waals surface area contributed by atoms with E-state index < -0.39 is 0 Å². The fourth-order valence-corrected chi connectivity index (χ4v) is 1.07. The van der Waals surface area contributed by atoms with Gasteiger partial charge in [-0.3, -0.25) is 4.99 Å². The van der Waals surface area contributed by atoms with Crippen LogP contribution in [0.3, 0.4) is 0 Å². The van der Waals surface area contributed by atoms with Crippen molar-refractivity contribution in [3.63, 3.8) is 0 Å². The Morgan fingerprint density at radius 2 is 2.64 bits per heavy atom. The van der Waals surface area contributed by atoms with E-state index in [9.17, 15) is 0 Å². The van der Waals surface area contributed by atoms with Gasteiger partial charge in [-0.1, -0.05) is 0 Å². The van der Waals surface area contributed by atoms with Gasteiger partial charge in [-0.2, -0.15) is 0 Å². The summed E-state index contributed by atoms with van der Waals surface area (Å²) in [7, 11) is 1.94. The fraction of sp³-hybridized carbons (Fsp3) is 0.875. The number of hydrogen-bond acceptors (Lipinski definition) is 3. The summed E-state index contributed by atoms with van der Waals surface area (Å²) in [6.07, 6.45) is 3.17. The molecule has 0 bridgehead atoms. The molecule has 1 aliphatic heterocycles. The van der Waals surface area contributed by atoms with Gasteiger partial charge in [0.1, 0.15) is 0 Å². The molecule has 0 aromatic rings. The maximum Gasteiger partial charge on any atom is 0.0544 e. The molecule has 0 spiro atoms. The van der Waals surface area contributed by atoms with Crippen LogP contribution in [0.4, 0.5) is 0 Å². The lowest BCUT2D eigenvalue weighted by molar-refractivity contribution is 0.193. The Balaban J connectivity index is 2.03. The summed E-state index contributed by atoms with van der Waals surface area (Å²) in [5.74, 6) is 0.576. The lowest BCUT2D eigenvalue weighted by Gasteiger charge is -1.97. The van der Waals surface area contributed by atoms with E-state index in [2.05, 4.69) is 10.3 Å². The van der Waals surface area contributed by atoms with Gasteiger partial charge in [0, 0.05) is 25.3 Å². The average Bonchev–Trinajstić information content (AvgIpc) is 2.50. The molecule has 1 fully saturated rings. The highest BCUT2D eigenvalue weighted by Gasteiger charge is 2.11. The van der Waals surface area contributed by atoms with Crippen LogP contribution in [0.25, 0.3) is 0 Å². The molecular weight excluding hydrogens is 140 g/mol. The number of aliphatic imine (C=N–C) groups is 1. The molecule has 0 amide bonds. The van der Waals surface area contributed by atoms with E-state index in [1.807, 2.05) is 13.3 Å². The second-order valence-electron chi connectivity index (χ2n) is 2.78. The second-order valence-corrected chi connectivity index (χ2v) is 2.78. The number of likely N-dealkylation sites (N-methyl/N-ethyl adjacent to an activating group) is 1. The topological polar surface area (TPSA) is 33.6 Å². The van der Waals surface area contributed by atoms with Crippen LogP contribution in [0, 0.1) is 5.92 Å². The SMILES string of the molecule is CNCCN=CC1CCOC1. The Bertz CT molecular complexity index is 119. The van der Waals surface area contributed by atoms with Gasteiger partial charge in [-0.05, 0) is 13.5 Å². The first-order valence-corrected chi connectivity index (χ1v) is 4.16. The molecule has 1 saturated heterocycles. The molecular formula is C8H16N2O. The van der Waals surface area contributed by atoms with Crippen LogP contribution in [-0.4, -0.2) is 39.6 Å². The average molecular weight is 156 g/mol. The summed E-state index contributed by atoms with van der Waals surface area (Å²) in [5, 5.41) is 3.05. The zero-order valence-electron chi connectivity index (χ0n) is 7.05. The Labute approximate surface area is 67.8 Å². The van der Waals surface area contributed by atoms with E-state index in [0.717, 1.165) is 32.7 Å². The smallest absolute Gasteiger partial charge is 0.0544 e. The molecule has 1 unspecified atom stereocenters. The summed E-state index contributed by atoms with van der Waals surface area (Å²) in [5.41, 5.74) is 0. The Kier molecular flexibility index (Phi) is 4.16. The van der Waals surface area contributed by atoms with E-state index in [0.29, 0.717) is 5.92 Å². The summed E-state index contributed by atoms with van der Waals surface area (Å²) in [6.45, 7) is 3.61. The highest BCUT2D eigenvalue weighted by atomic mass is 16.5. The molecule has 1 N–H and O–H groups in total. The number of nitrogens with one attached hydrogen (secondary N) is 1. The molecule has 1 atom stereocenters. The molecule has 1 heterocycles. The summed E-state index contributed by atoms with van der Waals surface area (Å²) in [4.78, 5) is 4.28. The lowest BCUT2D eigenvalue weighted by Crippen LogP contribution is -2.11. The standard InChI is InChI=1S/C8H16N2O/c1-9-3-4-10-6-8-2-5-11-7-8/h6,8-9H,2-5,7H2,1H3. The Morgan fingerprint density at radius 3 is 3.27 bits per heavy atom. The van der Waals surface area contributed by atoms with Crippen molar-refractivity contribution in [3.05, 3.63) is 0 Å². The van der Waals surface area contributed by atoms with Crippen LogP contribution in [0.5, 0.6) is 0 Å². The molecule has 3 heteroatoms. The predicted octanol–water partition coefficient (Wildman–Crippen LogP) is 0.313. The molecule has 1 aliphatic rings. The molecule has 0 saturated carbocycles. The van der Waals surface area contributed by atoms with Crippen LogP contribution in [0.1, 0.15) is 6.42 Å². The maximum absolute atomic E-state index is 5.21. The van der Waals surface area contributed by atoms with Gasteiger partial charge in [0.2, 0.25) is 0 Å². The van der Waals surface area contributed by atoms with Crippen molar-refractivity contribution < 1.29 is 4.74 Å². The van der Waals surface area contributed by atoms with Gasteiger partial charge in [-0.15, -0.1) is 0 Å². The van der Waals surface area contributed by atoms with Crippen molar-refractivity contribution in [1.82, 2.24) is 5.32 Å². The Morgan fingerprint density at radius 1 is 1.73 bits per heavy atom. The molecule has 0 aromatic heterocycles. The number of nitrogens with zero attached hydrogens (tertiary/aromatic N) is 1. The fourth-order valence-electron chi connectivity index (χ4n) is 1.07. The molecule has 0 radical (unpaired) electrons. The predicted molar refractivity (Wildman–Crippen MR) is 46.2 cm³/mol. The first-order chi connectivity index (χ1) is 5.43. The van der Waals surface area contributed by atoms with E-state index >= 15 is 0 Å². The first-order valence-electron chi connectivity index (χ1n) is 4.16. The summed E-state index contributed by atoms with van der Waals surface area (Å²) in [6, 6.07) is 0. The van der Waals surface area contributed by atoms with E-state index in [1.54, 1.807) is 0 Å². The molecule has 3 nitrogen and oxygen atoms in total. The van der Waals surface area contributed by atoms with E-state index in [1.165, 1.54) is 0 Å². The minimum absolute atomic E-state index is 0.576. The zero-order chi connectivity index (χ0) is 7.94. The number of ether oxygens (including phenoxy) is 1. The highest BCUT2D eigenvalue weighted by Crippen LogP contribution is 2.08. The minimum atomic E-state index is 0.576. The molecule has 11 heavy (non-hydrogen) atoms. The second kappa shape index (κ2) is 5.27. The molecule has 1 rings (SSSR count).